The van der Waals surface area contributed by atoms with Crippen molar-refractivity contribution in [3.63, 3.8) is 0 Å². The van der Waals surface area contributed by atoms with Crippen LogP contribution in [0.4, 0.5) is 15.8 Å². The zero-order valence-electron chi connectivity index (χ0n) is 7.85. The van der Waals surface area contributed by atoms with Crippen LogP contribution in [0, 0.1) is 10.1 Å². The third kappa shape index (κ3) is 1.90. The van der Waals surface area contributed by atoms with Gasteiger partial charge in [0.05, 0.1) is 17.2 Å². The van der Waals surface area contributed by atoms with Crippen molar-refractivity contribution in [1.82, 2.24) is 0 Å². The molecule has 0 saturated heterocycles. The van der Waals surface area contributed by atoms with Crippen LogP contribution in [0.1, 0.15) is 5.56 Å². The van der Waals surface area contributed by atoms with Gasteiger partial charge in [-0.25, -0.2) is 4.39 Å². The molecule has 0 fully saturated rings. The van der Waals surface area contributed by atoms with Gasteiger partial charge >= 0.3 is 0 Å². The summed E-state index contributed by atoms with van der Waals surface area (Å²) in [7, 11) is 0. The van der Waals surface area contributed by atoms with Crippen molar-refractivity contribution in [2.24, 2.45) is 0 Å². The summed E-state index contributed by atoms with van der Waals surface area (Å²) in [5.41, 5.74) is 1.89. The second kappa shape index (κ2) is 4.06. The third-order valence-corrected chi connectivity index (χ3v) is 3.34. The predicted octanol–water partition coefficient (Wildman–Crippen LogP) is 2.53. The monoisotopic (exact) mass is 228 g/mol. The maximum atomic E-state index is 12.2. The molecule has 0 aromatic heterocycles. The summed E-state index contributed by atoms with van der Waals surface area (Å²) < 4.78 is 14.0. The smallest absolute Gasteiger partial charge is 0.269 e. The summed E-state index contributed by atoms with van der Waals surface area (Å²) in [5.74, 6) is 0.678. The van der Waals surface area contributed by atoms with Crippen LogP contribution in [0.3, 0.4) is 0 Å². The van der Waals surface area contributed by atoms with Gasteiger partial charge in [-0.15, -0.1) is 0 Å². The molecule has 0 unspecified atom stereocenters. The molecule has 1 aliphatic heterocycles. The summed E-state index contributed by atoms with van der Waals surface area (Å²) in [6.45, 7) is -0.0844. The van der Waals surface area contributed by atoms with Crippen molar-refractivity contribution in [1.29, 1.82) is 0 Å². The maximum absolute atomic E-state index is 12.2. The van der Waals surface area contributed by atoms with E-state index in [1.54, 1.807) is 12.1 Å². The van der Waals surface area contributed by atoms with Crippen LogP contribution in [0.2, 0.25) is 0 Å². The highest BCUT2D eigenvalue weighted by atomic mass is 32.2. The minimum atomic E-state index is -0.414. The number of alkyl halides is 1. The third-order valence-electron chi connectivity index (χ3n) is 2.21. The molecule has 0 aliphatic carbocycles. The molecule has 0 N–H and O–H groups in total. The average molecular weight is 228 g/mol. The van der Waals surface area contributed by atoms with Gasteiger partial charge in [-0.3, -0.25) is 10.1 Å². The first-order chi connectivity index (χ1) is 7.22. The van der Waals surface area contributed by atoms with E-state index >= 15 is 0 Å². The molecule has 0 radical (unpaired) electrons. The molecule has 1 aliphatic rings. The average Bonchev–Trinajstić information content (AvgIpc) is 2.61. The van der Waals surface area contributed by atoms with Crippen LogP contribution in [0.5, 0.6) is 0 Å². The molecule has 2 rings (SSSR count). The van der Waals surface area contributed by atoms with E-state index in [1.807, 2.05) is 4.31 Å². The molecule has 1 heterocycles. The zero-order valence-corrected chi connectivity index (χ0v) is 8.67. The number of benzene rings is 1. The molecule has 80 valence electrons. The van der Waals surface area contributed by atoms with E-state index in [0.29, 0.717) is 12.3 Å². The van der Waals surface area contributed by atoms with Crippen LogP contribution in [0.25, 0.3) is 0 Å². The molecular formula is C9H9FN2O2S. The second-order valence-electron chi connectivity index (χ2n) is 3.13. The molecule has 6 heteroatoms. The number of nitrogens with zero attached hydrogens (tertiary/aromatic N) is 2. The Morgan fingerprint density at radius 1 is 1.60 bits per heavy atom. The molecule has 0 saturated carbocycles. The number of rotatable bonds is 3. The summed E-state index contributed by atoms with van der Waals surface area (Å²) in [4.78, 5) is 10.1. The van der Waals surface area contributed by atoms with Crippen LogP contribution >= 0.6 is 11.9 Å². The molecule has 4 nitrogen and oxygen atoms in total. The van der Waals surface area contributed by atoms with E-state index in [2.05, 4.69) is 0 Å². The van der Waals surface area contributed by atoms with Crippen molar-refractivity contribution in [3.8, 4) is 0 Å². The molecule has 0 spiro atoms. The van der Waals surface area contributed by atoms with Gasteiger partial charge in [-0.1, -0.05) is 0 Å². The number of fused-ring (bicyclic) bond motifs is 1. The quantitative estimate of drug-likeness (QED) is 0.453. The van der Waals surface area contributed by atoms with Gasteiger partial charge in [0.25, 0.3) is 5.69 Å². The highest BCUT2D eigenvalue weighted by molar-refractivity contribution is 8.00. The Balaban J connectivity index is 2.29. The van der Waals surface area contributed by atoms with Gasteiger partial charge in [0.1, 0.15) is 6.67 Å². The Labute approximate surface area is 90.4 Å². The highest BCUT2D eigenvalue weighted by Gasteiger charge is 2.22. The fourth-order valence-electron chi connectivity index (χ4n) is 1.52. The van der Waals surface area contributed by atoms with E-state index in [9.17, 15) is 14.5 Å². The Hall–Kier alpha value is -1.30. The Kier molecular flexibility index (Phi) is 2.77. The minimum Gasteiger partial charge on any atom is -0.313 e. The number of hydrogen-bond donors (Lipinski definition) is 0. The Morgan fingerprint density at radius 3 is 3.07 bits per heavy atom. The maximum Gasteiger partial charge on any atom is 0.269 e. The summed E-state index contributed by atoms with van der Waals surface area (Å²) >= 11 is 1.49. The van der Waals surface area contributed by atoms with Crippen LogP contribution in [-0.4, -0.2) is 18.1 Å². The largest absolute Gasteiger partial charge is 0.313 e. The van der Waals surface area contributed by atoms with Crippen molar-refractivity contribution < 1.29 is 9.31 Å². The topological polar surface area (TPSA) is 46.4 Å². The lowest BCUT2D eigenvalue weighted by Gasteiger charge is -2.14. The lowest BCUT2D eigenvalue weighted by molar-refractivity contribution is -0.384. The summed E-state index contributed by atoms with van der Waals surface area (Å²) in [6.07, 6.45) is 0. The molecular weight excluding hydrogens is 219 g/mol. The molecule has 15 heavy (non-hydrogen) atoms. The van der Waals surface area contributed by atoms with E-state index in [1.165, 1.54) is 18.0 Å². The second-order valence-corrected chi connectivity index (χ2v) is 4.12. The SMILES string of the molecule is O=[N+]([O-])c1ccc2c(c1)CSN2CCF. The normalized spacial score (nSPS) is 14.1. The van der Waals surface area contributed by atoms with Crippen molar-refractivity contribution in [2.45, 2.75) is 5.75 Å². The molecule has 0 atom stereocenters. The number of nitro benzene ring substituents is 1. The number of anilines is 1. The molecule has 1 aromatic carbocycles. The number of non-ortho nitro benzene ring substituents is 1. The van der Waals surface area contributed by atoms with Gasteiger partial charge in [0, 0.05) is 17.9 Å². The Bertz CT molecular complexity index is 400. The van der Waals surface area contributed by atoms with Crippen molar-refractivity contribution >= 4 is 23.3 Å². The number of halogens is 1. The van der Waals surface area contributed by atoms with Gasteiger partial charge in [-0.2, -0.15) is 0 Å². The van der Waals surface area contributed by atoms with E-state index in [0.717, 1.165) is 11.3 Å². The Morgan fingerprint density at radius 2 is 2.40 bits per heavy atom. The lowest BCUT2D eigenvalue weighted by Crippen LogP contribution is -2.13. The van der Waals surface area contributed by atoms with E-state index in [4.69, 9.17) is 0 Å². The lowest BCUT2D eigenvalue weighted by atomic mass is 10.2. The van der Waals surface area contributed by atoms with Gasteiger partial charge in [0.2, 0.25) is 0 Å². The molecule has 1 aromatic rings. The zero-order chi connectivity index (χ0) is 10.8. The fraction of sp³-hybridized carbons (Fsp3) is 0.333. The fourth-order valence-corrected chi connectivity index (χ4v) is 2.56. The van der Waals surface area contributed by atoms with Crippen molar-refractivity contribution in [2.75, 3.05) is 17.5 Å². The molecule has 0 bridgehead atoms. The van der Waals surface area contributed by atoms with E-state index in [-0.39, 0.29) is 5.69 Å². The minimum absolute atomic E-state index is 0.0939. The first-order valence-electron chi connectivity index (χ1n) is 4.46. The number of nitro groups is 1. The first kappa shape index (κ1) is 10.2. The van der Waals surface area contributed by atoms with Crippen LogP contribution in [-0.2, 0) is 5.75 Å². The van der Waals surface area contributed by atoms with Gasteiger partial charge in [0.15, 0.2) is 0 Å². The van der Waals surface area contributed by atoms with Crippen LogP contribution in [0.15, 0.2) is 18.2 Å². The predicted molar refractivity (Wildman–Crippen MR) is 57.7 cm³/mol. The summed E-state index contributed by atoms with van der Waals surface area (Å²) in [6, 6.07) is 4.69. The van der Waals surface area contributed by atoms with E-state index < -0.39 is 11.6 Å². The highest BCUT2D eigenvalue weighted by Crippen LogP contribution is 2.39. The van der Waals surface area contributed by atoms with Crippen LogP contribution < -0.4 is 4.31 Å². The standard InChI is InChI=1S/C9H9FN2O2S/c10-3-4-11-9-2-1-8(12(13)14)5-7(9)6-15-11/h1-2,5H,3-4,6H2. The van der Waals surface area contributed by atoms with Gasteiger partial charge in [-0.05, 0) is 23.6 Å². The molecule has 0 amide bonds. The number of hydrogen-bond acceptors (Lipinski definition) is 4. The summed E-state index contributed by atoms with van der Waals surface area (Å²) in [5, 5.41) is 10.5. The first-order valence-corrected chi connectivity index (χ1v) is 5.40. The van der Waals surface area contributed by atoms with Gasteiger partial charge < -0.3 is 4.31 Å². The van der Waals surface area contributed by atoms with Crippen molar-refractivity contribution in [3.05, 3.63) is 33.9 Å².